The molecule has 15 heavy (non-hydrogen) atoms. The number of carbonyl (C=O) groups excluding carboxylic acids is 1. The predicted octanol–water partition coefficient (Wildman–Crippen LogP) is 1.91. The number of benzene rings is 1. The molecule has 2 N–H and O–H groups in total. The Morgan fingerprint density at radius 2 is 2.33 bits per heavy atom. The van der Waals surface area contributed by atoms with Gasteiger partial charge in [0.1, 0.15) is 5.52 Å². The number of aromatic nitrogens is 2. The topological polar surface area (TPSA) is 57.8 Å². The van der Waals surface area contributed by atoms with Crippen LogP contribution in [0.2, 0.25) is 0 Å². The summed E-state index contributed by atoms with van der Waals surface area (Å²) in [5.41, 5.74) is 2.57. The number of aromatic amines is 1. The molecule has 0 atom stereocenters. The number of anilines is 1. The highest BCUT2D eigenvalue weighted by atomic mass is 16.2. The van der Waals surface area contributed by atoms with E-state index in [0.29, 0.717) is 0 Å². The molecule has 0 saturated heterocycles. The Bertz CT molecular complexity index is 513. The smallest absolute Gasteiger partial charge is 0.227 e. The van der Waals surface area contributed by atoms with Gasteiger partial charge in [-0.15, -0.1) is 0 Å². The molecule has 1 fully saturated rings. The molecule has 76 valence electrons. The summed E-state index contributed by atoms with van der Waals surface area (Å²) in [5, 5.41) is 2.91. The van der Waals surface area contributed by atoms with Crippen LogP contribution >= 0.6 is 0 Å². The molecule has 2 aromatic rings. The summed E-state index contributed by atoms with van der Waals surface area (Å²) >= 11 is 0. The minimum atomic E-state index is 0.116. The molecule has 1 amide bonds. The van der Waals surface area contributed by atoms with Gasteiger partial charge < -0.3 is 10.3 Å². The first kappa shape index (κ1) is 8.47. The van der Waals surface area contributed by atoms with Crippen molar-refractivity contribution in [3.63, 3.8) is 0 Å². The highest BCUT2D eigenvalue weighted by molar-refractivity contribution is 6.01. The minimum Gasteiger partial charge on any atom is -0.345 e. The van der Waals surface area contributed by atoms with Crippen LogP contribution in [0.3, 0.4) is 0 Å². The van der Waals surface area contributed by atoms with Crippen molar-refractivity contribution in [3.8, 4) is 0 Å². The van der Waals surface area contributed by atoms with Crippen LogP contribution in [0.1, 0.15) is 12.8 Å². The lowest BCUT2D eigenvalue weighted by Gasteiger charge is -2.04. The van der Waals surface area contributed by atoms with Crippen molar-refractivity contribution in [2.24, 2.45) is 5.92 Å². The number of fused-ring (bicyclic) bond motifs is 1. The van der Waals surface area contributed by atoms with E-state index in [1.807, 2.05) is 18.2 Å². The van der Waals surface area contributed by atoms with Crippen molar-refractivity contribution in [2.45, 2.75) is 12.8 Å². The van der Waals surface area contributed by atoms with E-state index < -0.39 is 0 Å². The molecule has 4 nitrogen and oxygen atoms in total. The van der Waals surface area contributed by atoms with Gasteiger partial charge in [0, 0.05) is 5.92 Å². The van der Waals surface area contributed by atoms with E-state index in [-0.39, 0.29) is 11.8 Å². The number of hydrogen-bond acceptors (Lipinski definition) is 2. The van der Waals surface area contributed by atoms with E-state index in [4.69, 9.17) is 0 Å². The van der Waals surface area contributed by atoms with E-state index in [2.05, 4.69) is 15.3 Å². The zero-order valence-electron chi connectivity index (χ0n) is 8.16. The molecule has 1 aliphatic rings. The first-order chi connectivity index (χ1) is 7.34. The second-order valence-electron chi connectivity index (χ2n) is 3.87. The summed E-state index contributed by atoms with van der Waals surface area (Å²) in [6.07, 6.45) is 3.67. The first-order valence-electron chi connectivity index (χ1n) is 5.07. The van der Waals surface area contributed by atoms with Crippen LogP contribution in [0.25, 0.3) is 11.0 Å². The lowest BCUT2D eigenvalue weighted by Crippen LogP contribution is -2.13. The van der Waals surface area contributed by atoms with Crippen molar-refractivity contribution in [2.75, 3.05) is 5.32 Å². The molecule has 0 radical (unpaired) electrons. The molecular formula is C11H11N3O. The minimum absolute atomic E-state index is 0.116. The van der Waals surface area contributed by atoms with Crippen LogP contribution in [-0.4, -0.2) is 15.9 Å². The van der Waals surface area contributed by atoms with E-state index in [1.165, 1.54) is 0 Å². The first-order valence-corrected chi connectivity index (χ1v) is 5.07. The van der Waals surface area contributed by atoms with Crippen LogP contribution in [0.4, 0.5) is 5.69 Å². The third-order valence-corrected chi connectivity index (χ3v) is 2.66. The Kier molecular flexibility index (Phi) is 1.74. The number of imidazole rings is 1. The van der Waals surface area contributed by atoms with Gasteiger partial charge in [0.2, 0.25) is 5.91 Å². The van der Waals surface area contributed by atoms with Crippen LogP contribution in [0, 0.1) is 5.92 Å². The van der Waals surface area contributed by atoms with Gasteiger partial charge in [-0.3, -0.25) is 4.79 Å². The SMILES string of the molecule is O=C(Nc1cccc2[nH]cnc12)C1CC1. The Hall–Kier alpha value is -1.84. The number of nitrogens with one attached hydrogen (secondary N) is 2. The van der Waals surface area contributed by atoms with Crippen molar-refractivity contribution < 1.29 is 4.79 Å². The third kappa shape index (κ3) is 1.48. The van der Waals surface area contributed by atoms with E-state index in [9.17, 15) is 4.79 Å². The molecule has 3 rings (SSSR count). The lowest BCUT2D eigenvalue weighted by atomic mass is 10.2. The van der Waals surface area contributed by atoms with Crippen LogP contribution in [0.5, 0.6) is 0 Å². The second-order valence-corrected chi connectivity index (χ2v) is 3.87. The van der Waals surface area contributed by atoms with Gasteiger partial charge in [0.15, 0.2) is 0 Å². The largest absolute Gasteiger partial charge is 0.345 e. The number of para-hydroxylation sites is 1. The van der Waals surface area contributed by atoms with Gasteiger partial charge in [-0.1, -0.05) is 6.07 Å². The monoisotopic (exact) mass is 201 g/mol. The molecular weight excluding hydrogens is 190 g/mol. The average molecular weight is 201 g/mol. The standard InChI is InChI=1S/C11H11N3O/c15-11(7-4-5-7)14-9-3-1-2-8-10(9)13-6-12-8/h1-3,6-7H,4-5H2,(H,12,13)(H,14,15). The Morgan fingerprint density at radius 1 is 1.47 bits per heavy atom. The second kappa shape index (κ2) is 3.08. The number of hydrogen-bond donors (Lipinski definition) is 2. The highest BCUT2D eigenvalue weighted by Gasteiger charge is 2.29. The van der Waals surface area contributed by atoms with Gasteiger partial charge in [-0.25, -0.2) is 4.98 Å². The molecule has 0 bridgehead atoms. The highest BCUT2D eigenvalue weighted by Crippen LogP contribution is 2.31. The molecule has 4 heteroatoms. The normalized spacial score (nSPS) is 15.5. The fourth-order valence-corrected chi connectivity index (χ4v) is 1.65. The Balaban J connectivity index is 1.95. The number of amides is 1. The van der Waals surface area contributed by atoms with Crippen molar-refractivity contribution >= 4 is 22.6 Å². The zero-order chi connectivity index (χ0) is 10.3. The molecule has 0 spiro atoms. The lowest BCUT2D eigenvalue weighted by molar-refractivity contribution is -0.117. The summed E-state index contributed by atoms with van der Waals surface area (Å²) < 4.78 is 0. The number of nitrogens with zero attached hydrogens (tertiary/aromatic N) is 1. The molecule has 0 unspecified atom stereocenters. The Labute approximate surface area is 86.7 Å². The number of H-pyrrole nitrogens is 1. The van der Waals surface area contributed by atoms with E-state index in [0.717, 1.165) is 29.6 Å². The maximum absolute atomic E-state index is 11.6. The van der Waals surface area contributed by atoms with Gasteiger partial charge in [0.25, 0.3) is 0 Å². The molecule has 1 saturated carbocycles. The summed E-state index contributed by atoms with van der Waals surface area (Å²) in [5.74, 6) is 0.338. The van der Waals surface area contributed by atoms with E-state index >= 15 is 0 Å². The molecule has 1 heterocycles. The van der Waals surface area contributed by atoms with Crippen molar-refractivity contribution in [1.29, 1.82) is 0 Å². The van der Waals surface area contributed by atoms with Crippen LogP contribution < -0.4 is 5.32 Å². The summed E-state index contributed by atoms with van der Waals surface area (Å²) in [6.45, 7) is 0. The summed E-state index contributed by atoms with van der Waals surface area (Å²) in [4.78, 5) is 18.8. The number of carbonyl (C=O) groups is 1. The third-order valence-electron chi connectivity index (χ3n) is 2.66. The molecule has 1 aromatic carbocycles. The zero-order valence-corrected chi connectivity index (χ0v) is 8.16. The van der Waals surface area contributed by atoms with Gasteiger partial charge in [-0.2, -0.15) is 0 Å². The predicted molar refractivity (Wildman–Crippen MR) is 57.4 cm³/mol. The quantitative estimate of drug-likeness (QED) is 0.779. The Morgan fingerprint density at radius 3 is 3.13 bits per heavy atom. The molecule has 0 aliphatic heterocycles. The van der Waals surface area contributed by atoms with Crippen LogP contribution in [0.15, 0.2) is 24.5 Å². The molecule has 1 aromatic heterocycles. The molecule has 1 aliphatic carbocycles. The fourth-order valence-electron chi connectivity index (χ4n) is 1.65. The average Bonchev–Trinajstić information content (AvgIpc) is 2.97. The van der Waals surface area contributed by atoms with E-state index in [1.54, 1.807) is 6.33 Å². The van der Waals surface area contributed by atoms with Gasteiger partial charge in [0.05, 0.1) is 17.5 Å². The maximum atomic E-state index is 11.6. The van der Waals surface area contributed by atoms with Gasteiger partial charge in [-0.05, 0) is 25.0 Å². The summed E-state index contributed by atoms with van der Waals surface area (Å²) in [6, 6.07) is 5.72. The fraction of sp³-hybridized carbons (Fsp3) is 0.273. The van der Waals surface area contributed by atoms with Gasteiger partial charge >= 0.3 is 0 Å². The van der Waals surface area contributed by atoms with Crippen molar-refractivity contribution in [1.82, 2.24) is 9.97 Å². The number of rotatable bonds is 2. The van der Waals surface area contributed by atoms with Crippen molar-refractivity contribution in [3.05, 3.63) is 24.5 Å². The van der Waals surface area contributed by atoms with Crippen LogP contribution in [-0.2, 0) is 4.79 Å². The summed E-state index contributed by atoms with van der Waals surface area (Å²) in [7, 11) is 0. The maximum Gasteiger partial charge on any atom is 0.227 e.